The average Bonchev–Trinajstić information content (AvgIpc) is 2.53. The van der Waals surface area contributed by atoms with Crippen LogP contribution in [0, 0.1) is 5.92 Å². The number of carbonyl (C=O) groups is 1. The molecule has 0 aliphatic carbocycles. The summed E-state index contributed by atoms with van der Waals surface area (Å²) in [5.41, 5.74) is 0. The van der Waals surface area contributed by atoms with Crippen molar-refractivity contribution < 1.29 is 9.63 Å². The Labute approximate surface area is 71.0 Å². The Morgan fingerprint density at radius 3 is 2.91 bits per heavy atom. The zero-order valence-corrected chi connectivity index (χ0v) is 7.69. The summed E-state index contributed by atoms with van der Waals surface area (Å²) in [4.78, 5) is 16.2. The van der Waals surface area contributed by atoms with Gasteiger partial charge in [-0.1, -0.05) is 0 Å². The lowest BCUT2D eigenvalue weighted by molar-refractivity contribution is -0.172. The highest BCUT2D eigenvalue weighted by molar-refractivity contribution is 7.99. The molecule has 1 atom stereocenters. The van der Waals surface area contributed by atoms with Crippen LogP contribution in [-0.4, -0.2) is 36.6 Å². The van der Waals surface area contributed by atoms with Gasteiger partial charge in [0.15, 0.2) is 0 Å². The van der Waals surface area contributed by atoms with Gasteiger partial charge in [0, 0.05) is 12.8 Å². The Bertz CT molecular complexity index is 145. The van der Waals surface area contributed by atoms with Gasteiger partial charge in [-0.3, -0.25) is 9.63 Å². The number of hydroxylamine groups is 2. The molecule has 0 aromatic carbocycles. The van der Waals surface area contributed by atoms with E-state index < -0.39 is 0 Å². The molecule has 1 rings (SSSR count). The molecule has 1 fully saturated rings. The highest BCUT2D eigenvalue weighted by Gasteiger charge is 2.25. The van der Waals surface area contributed by atoms with Crippen LogP contribution in [0.5, 0.6) is 0 Å². The van der Waals surface area contributed by atoms with Crippen molar-refractivity contribution in [1.29, 1.82) is 0 Å². The van der Waals surface area contributed by atoms with Crippen LogP contribution >= 0.6 is 11.8 Å². The normalized spacial score (nSPS) is 23.6. The van der Waals surface area contributed by atoms with Crippen LogP contribution in [0.4, 0.5) is 0 Å². The first kappa shape index (κ1) is 8.87. The second-order valence-corrected chi connectivity index (χ2v) is 3.73. The molecule has 0 radical (unpaired) electrons. The van der Waals surface area contributed by atoms with Gasteiger partial charge in [-0.15, -0.1) is 0 Å². The molecule has 1 amide bonds. The largest absolute Gasteiger partial charge is 0.275 e. The third kappa shape index (κ3) is 2.10. The minimum atomic E-state index is 0.109. The summed E-state index contributed by atoms with van der Waals surface area (Å²) in [5, 5.41) is 1.32. The molecular formula is C7H13NO2S. The van der Waals surface area contributed by atoms with Crippen molar-refractivity contribution in [3.63, 3.8) is 0 Å². The van der Waals surface area contributed by atoms with E-state index in [1.807, 2.05) is 11.8 Å². The van der Waals surface area contributed by atoms with E-state index in [9.17, 15) is 4.79 Å². The summed E-state index contributed by atoms with van der Waals surface area (Å²) in [5.74, 6) is 2.35. The third-order valence-electron chi connectivity index (χ3n) is 1.86. The number of thioether (sulfide) groups is 1. The fourth-order valence-corrected chi connectivity index (χ4v) is 2.29. The highest BCUT2D eigenvalue weighted by Crippen LogP contribution is 2.24. The number of hydrogen-bond donors (Lipinski definition) is 0. The van der Waals surface area contributed by atoms with Gasteiger partial charge in [0.05, 0.1) is 13.0 Å². The zero-order chi connectivity index (χ0) is 8.27. The maximum atomic E-state index is 11.4. The molecule has 0 bridgehead atoms. The molecule has 4 heteroatoms. The molecule has 1 saturated heterocycles. The lowest BCUT2D eigenvalue weighted by Gasteiger charge is -2.16. The first-order valence-electron chi connectivity index (χ1n) is 3.65. The van der Waals surface area contributed by atoms with Gasteiger partial charge in [0.2, 0.25) is 5.91 Å². The van der Waals surface area contributed by atoms with Crippen LogP contribution in [0.25, 0.3) is 0 Å². The average molecular weight is 175 g/mol. The van der Waals surface area contributed by atoms with Crippen molar-refractivity contribution in [1.82, 2.24) is 5.06 Å². The van der Waals surface area contributed by atoms with Crippen molar-refractivity contribution >= 4 is 17.7 Å². The van der Waals surface area contributed by atoms with Gasteiger partial charge in [-0.25, -0.2) is 5.06 Å². The third-order valence-corrected chi connectivity index (χ3v) is 3.03. The zero-order valence-electron chi connectivity index (χ0n) is 6.87. The molecule has 0 N–H and O–H groups in total. The van der Waals surface area contributed by atoms with Crippen LogP contribution in [-0.2, 0) is 9.63 Å². The first-order valence-corrected chi connectivity index (χ1v) is 4.80. The van der Waals surface area contributed by atoms with E-state index in [1.165, 1.54) is 12.2 Å². The van der Waals surface area contributed by atoms with Gasteiger partial charge in [0.1, 0.15) is 0 Å². The van der Waals surface area contributed by atoms with Crippen molar-refractivity contribution in [2.24, 2.45) is 5.92 Å². The summed E-state index contributed by atoms with van der Waals surface area (Å²) in [6.07, 6.45) is 0.997. The standard InChI is InChI=1S/C7H13NO2S/c1-8(10-2)7(9)6-3-4-11-5-6/h6H,3-5H2,1-2H3. The minimum Gasteiger partial charge on any atom is -0.275 e. The van der Waals surface area contributed by atoms with E-state index >= 15 is 0 Å². The van der Waals surface area contributed by atoms with E-state index in [0.29, 0.717) is 0 Å². The first-order chi connectivity index (χ1) is 5.25. The topological polar surface area (TPSA) is 29.5 Å². The molecule has 1 aliphatic rings. The second kappa shape index (κ2) is 3.97. The van der Waals surface area contributed by atoms with E-state index in [4.69, 9.17) is 4.84 Å². The number of rotatable bonds is 2. The minimum absolute atomic E-state index is 0.109. The summed E-state index contributed by atoms with van der Waals surface area (Å²) in [6, 6.07) is 0. The molecule has 0 aromatic heterocycles. The predicted molar refractivity (Wildman–Crippen MR) is 45.2 cm³/mol. The monoisotopic (exact) mass is 175 g/mol. The number of amides is 1. The van der Waals surface area contributed by atoms with Crippen LogP contribution in [0.3, 0.4) is 0 Å². The smallest absolute Gasteiger partial charge is 0.249 e. The molecule has 11 heavy (non-hydrogen) atoms. The van der Waals surface area contributed by atoms with Gasteiger partial charge < -0.3 is 0 Å². The predicted octanol–water partition coefficient (Wildman–Crippen LogP) is 0.759. The number of hydrogen-bond acceptors (Lipinski definition) is 3. The fourth-order valence-electron chi connectivity index (χ4n) is 1.08. The van der Waals surface area contributed by atoms with Crippen LogP contribution in [0.1, 0.15) is 6.42 Å². The van der Waals surface area contributed by atoms with Crippen molar-refractivity contribution in [3.05, 3.63) is 0 Å². The van der Waals surface area contributed by atoms with Crippen molar-refractivity contribution in [2.75, 3.05) is 25.7 Å². The summed E-state index contributed by atoms with van der Waals surface area (Å²) < 4.78 is 0. The summed E-state index contributed by atoms with van der Waals surface area (Å²) >= 11 is 1.84. The van der Waals surface area contributed by atoms with Crippen molar-refractivity contribution in [3.8, 4) is 0 Å². The molecule has 3 nitrogen and oxygen atoms in total. The Balaban J connectivity index is 2.39. The van der Waals surface area contributed by atoms with Gasteiger partial charge in [0.25, 0.3) is 0 Å². The molecule has 0 spiro atoms. The maximum Gasteiger partial charge on any atom is 0.249 e. The molecule has 1 unspecified atom stereocenters. The lowest BCUT2D eigenvalue weighted by atomic mass is 10.1. The van der Waals surface area contributed by atoms with Crippen LogP contribution in [0.15, 0.2) is 0 Å². The number of carbonyl (C=O) groups excluding carboxylic acids is 1. The van der Waals surface area contributed by atoms with E-state index in [-0.39, 0.29) is 11.8 Å². The lowest BCUT2D eigenvalue weighted by Crippen LogP contribution is -2.31. The Kier molecular flexibility index (Phi) is 3.20. The molecular weight excluding hydrogens is 162 g/mol. The SMILES string of the molecule is CON(C)C(=O)C1CCSC1. The summed E-state index contributed by atoms with van der Waals surface area (Å²) in [6.45, 7) is 0. The molecule has 1 heterocycles. The Morgan fingerprint density at radius 2 is 2.45 bits per heavy atom. The Hall–Kier alpha value is -0.220. The van der Waals surface area contributed by atoms with Crippen LogP contribution in [0.2, 0.25) is 0 Å². The maximum absolute atomic E-state index is 11.4. The highest BCUT2D eigenvalue weighted by atomic mass is 32.2. The van der Waals surface area contributed by atoms with Gasteiger partial charge >= 0.3 is 0 Å². The Morgan fingerprint density at radius 1 is 1.73 bits per heavy atom. The molecule has 0 aromatic rings. The molecule has 1 aliphatic heterocycles. The van der Waals surface area contributed by atoms with Gasteiger partial charge in [-0.2, -0.15) is 11.8 Å². The van der Waals surface area contributed by atoms with E-state index in [1.54, 1.807) is 7.05 Å². The molecule has 0 saturated carbocycles. The fraction of sp³-hybridized carbons (Fsp3) is 0.857. The quantitative estimate of drug-likeness (QED) is 0.580. The van der Waals surface area contributed by atoms with Crippen molar-refractivity contribution in [2.45, 2.75) is 6.42 Å². The summed E-state index contributed by atoms with van der Waals surface area (Å²) in [7, 11) is 3.17. The van der Waals surface area contributed by atoms with Crippen LogP contribution < -0.4 is 0 Å². The van der Waals surface area contributed by atoms with Gasteiger partial charge in [-0.05, 0) is 12.2 Å². The number of nitrogens with zero attached hydrogens (tertiary/aromatic N) is 1. The molecule has 64 valence electrons. The second-order valence-electron chi connectivity index (χ2n) is 2.58. The van der Waals surface area contributed by atoms with E-state index in [0.717, 1.165) is 17.9 Å². The van der Waals surface area contributed by atoms with E-state index in [2.05, 4.69) is 0 Å².